The van der Waals surface area contributed by atoms with Gasteiger partial charge < -0.3 is 14.2 Å². The van der Waals surface area contributed by atoms with Crippen LogP contribution in [0.5, 0.6) is 0 Å². The number of carbonyl (C=O) groups is 3. The van der Waals surface area contributed by atoms with E-state index in [1.54, 1.807) is 0 Å². The van der Waals surface area contributed by atoms with Crippen LogP contribution in [0.1, 0.15) is 393 Å². The molecule has 0 radical (unpaired) electrons. The summed E-state index contributed by atoms with van der Waals surface area (Å²) < 4.78 is 17.0. The molecule has 0 amide bonds. The quantitative estimate of drug-likeness (QED) is 0.0261. The van der Waals surface area contributed by atoms with Crippen molar-refractivity contribution in [3.8, 4) is 0 Å². The fraction of sp³-hybridized carbons (Fsp3) is 0.928. The zero-order valence-electron chi connectivity index (χ0n) is 51.1. The molecule has 0 heterocycles. The molecule has 0 aliphatic heterocycles. The third-order valence-electron chi connectivity index (χ3n) is 15.8. The van der Waals surface area contributed by atoms with E-state index in [0.717, 1.165) is 57.8 Å². The average molecular weight is 1060 g/mol. The van der Waals surface area contributed by atoms with Crippen molar-refractivity contribution in [2.45, 2.75) is 399 Å². The summed E-state index contributed by atoms with van der Waals surface area (Å²) in [5, 5.41) is 0. The third kappa shape index (κ3) is 62.9. The van der Waals surface area contributed by atoms with Crippen LogP contribution in [0.4, 0.5) is 0 Å². The number of unbranched alkanes of at least 4 members (excludes halogenated alkanes) is 51. The molecule has 6 heteroatoms. The zero-order chi connectivity index (χ0) is 54.3. The number of hydrogen-bond acceptors (Lipinski definition) is 6. The van der Waals surface area contributed by atoms with Crippen molar-refractivity contribution in [1.29, 1.82) is 0 Å². The highest BCUT2D eigenvalue weighted by molar-refractivity contribution is 5.71. The fourth-order valence-corrected chi connectivity index (χ4v) is 10.6. The molecule has 0 aromatic rings. The first-order valence-corrected chi connectivity index (χ1v) is 34.2. The van der Waals surface area contributed by atoms with Gasteiger partial charge in [0.25, 0.3) is 0 Å². The van der Waals surface area contributed by atoms with Crippen molar-refractivity contribution >= 4 is 17.9 Å². The van der Waals surface area contributed by atoms with E-state index in [9.17, 15) is 14.4 Å². The van der Waals surface area contributed by atoms with E-state index in [1.165, 1.54) is 295 Å². The van der Waals surface area contributed by atoms with E-state index in [4.69, 9.17) is 14.2 Å². The predicted molar refractivity (Wildman–Crippen MR) is 326 cm³/mol. The second-order valence-electron chi connectivity index (χ2n) is 23.5. The van der Waals surface area contributed by atoms with Crippen LogP contribution < -0.4 is 0 Å². The van der Waals surface area contributed by atoms with Gasteiger partial charge in [0, 0.05) is 19.3 Å². The summed E-state index contributed by atoms with van der Waals surface area (Å²) in [6.07, 6.45) is 76.5. The SMILES string of the molecule is CCCCCCCC/C=C\CCCCCCCCCCCCCC(=O)OC[C@H](COC(=O)CCCCCCCCCCCCCCCCCCC)OC(=O)CCCCCCCCCCCCCCCCCCCCC. The normalized spacial score (nSPS) is 12.0. The number of carbonyl (C=O) groups excluding carboxylic acids is 3. The smallest absolute Gasteiger partial charge is 0.306 e. The highest BCUT2D eigenvalue weighted by Crippen LogP contribution is 2.19. The van der Waals surface area contributed by atoms with E-state index in [2.05, 4.69) is 32.9 Å². The van der Waals surface area contributed by atoms with Crippen molar-refractivity contribution < 1.29 is 28.6 Å². The molecule has 0 spiro atoms. The van der Waals surface area contributed by atoms with Gasteiger partial charge in [0.15, 0.2) is 6.10 Å². The Bertz CT molecular complexity index is 1170. The molecule has 0 rings (SSSR count). The minimum Gasteiger partial charge on any atom is -0.462 e. The summed E-state index contributed by atoms with van der Waals surface area (Å²) in [5.74, 6) is -0.827. The Balaban J connectivity index is 4.28. The Labute approximate surface area is 469 Å². The molecule has 75 heavy (non-hydrogen) atoms. The second-order valence-corrected chi connectivity index (χ2v) is 23.5. The van der Waals surface area contributed by atoms with Gasteiger partial charge in [-0.1, -0.05) is 341 Å². The fourth-order valence-electron chi connectivity index (χ4n) is 10.6. The molecule has 0 aromatic heterocycles. The highest BCUT2D eigenvalue weighted by Gasteiger charge is 2.19. The lowest BCUT2D eigenvalue weighted by Crippen LogP contribution is -2.30. The Morgan fingerprint density at radius 2 is 0.440 bits per heavy atom. The Morgan fingerprint density at radius 3 is 0.667 bits per heavy atom. The third-order valence-corrected chi connectivity index (χ3v) is 15.8. The van der Waals surface area contributed by atoms with Gasteiger partial charge in [-0.3, -0.25) is 14.4 Å². The number of hydrogen-bond donors (Lipinski definition) is 0. The monoisotopic (exact) mass is 1060 g/mol. The van der Waals surface area contributed by atoms with Crippen LogP contribution in [0.2, 0.25) is 0 Å². The molecule has 0 saturated carbocycles. The molecule has 0 N–H and O–H groups in total. The maximum Gasteiger partial charge on any atom is 0.306 e. The highest BCUT2D eigenvalue weighted by atomic mass is 16.6. The number of allylic oxidation sites excluding steroid dienone is 2. The maximum atomic E-state index is 12.9. The molecule has 0 aromatic carbocycles. The van der Waals surface area contributed by atoms with Crippen molar-refractivity contribution in [3.05, 3.63) is 12.2 Å². The lowest BCUT2D eigenvalue weighted by molar-refractivity contribution is -0.167. The minimum atomic E-state index is -0.766. The summed E-state index contributed by atoms with van der Waals surface area (Å²) in [4.78, 5) is 38.4. The first kappa shape index (κ1) is 73.2. The number of esters is 3. The molecular weight excluding hydrogens is 925 g/mol. The van der Waals surface area contributed by atoms with Crippen LogP contribution in [0.3, 0.4) is 0 Å². The maximum absolute atomic E-state index is 12.9. The average Bonchev–Trinajstić information content (AvgIpc) is 3.41. The van der Waals surface area contributed by atoms with Gasteiger partial charge in [0.05, 0.1) is 0 Å². The summed E-state index contributed by atoms with van der Waals surface area (Å²) in [5.41, 5.74) is 0. The van der Waals surface area contributed by atoms with Gasteiger partial charge in [0.1, 0.15) is 13.2 Å². The number of rotatable bonds is 64. The Hall–Kier alpha value is -1.85. The van der Waals surface area contributed by atoms with Crippen molar-refractivity contribution in [2.24, 2.45) is 0 Å². The van der Waals surface area contributed by atoms with Gasteiger partial charge in [-0.05, 0) is 44.9 Å². The van der Waals surface area contributed by atoms with E-state index < -0.39 is 6.10 Å². The molecular formula is C69H132O6. The standard InChI is InChI=1S/C69H132O6/c1-4-7-10-13-16-19-22-25-28-31-33-34-36-38-41-44-47-50-53-56-59-62-68(71)74-65-66(64-73-67(70)61-58-55-52-49-46-43-40-37-30-27-24-21-18-15-12-9-6-3)75-69(72)63-60-57-54-51-48-45-42-39-35-32-29-26-23-20-17-14-11-8-5-2/h25,28,66H,4-24,26-27,29-65H2,1-3H3/b28-25-/t66-/m0/s1. The summed E-state index contributed by atoms with van der Waals surface area (Å²) >= 11 is 0. The molecule has 0 fully saturated rings. The van der Waals surface area contributed by atoms with Crippen molar-refractivity contribution in [1.82, 2.24) is 0 Å². The summed E-state index contributed by atoms with van der Waals surface area (Å²) in [6, 6.07) is 0. The van der Waals surface area contributed by atoms with Gasteiger partial charge in [-0.2, -0.15) is 0 Å². The first-order valence-electron chi connectivity index (χ1n) is 34.2. The first-order chi connectivity index (χ1) is 37.0. The molecule has 0 aliphatic carbocycles. The predicted octanol–water partition coefficient (Wildman–Crippen LogP) is 23.2. The lowest BCUT2D eigenvalue weighted by Gasteiger charge is -2.18. The molecule has 0 bridgehead atoms. The van der Waals surface area contributed by atoms with Gasteiger partial charge in [0.2, 0.25) is 0 Å². The van der Waals surface area contributed by atoms with E-state index in [0.29, 0.717) is 19.3 Å². The van der Waals surface area contributed by atoms with Crippen LogP contribution in [0.25, 0.3) is 0 Å². The molecule has 0 unspecified atom stereocenters. The van der Waals surface area contributed by atoms with Gasteiger partial charge >= 0.3 is 17.9 Å². The van der Waals surface area contributed by atoms with E-state index >= 15 is 0 Å². The van der Waals surface area contributed by atoms with Crippen LogP contribution >= 0.6 is 0 Å². The minimum absolute atomic E-state index is 0.0628. The molecule has 6 nitrogen and oxygen atoms in total. The van der Waals surface area contributed by atoms with Gasteiger partial charge in [-0.15, -0.1) is 0 Å². The molecule has 1 atom stereocenters. The van der Waals surface area contributed by atoms with E-state index in [-0.39, 0.29) is 31.1 Å². The lowest BCUT2D eigenvalue weighted by atomic mass is 10.0. The van der Waals surface area contributed by atoms with Gasteiger partial charge in [-0.25, -0.2) is 0 Å². The number of ether oxygens (including phenoxy) is 3. The zero-order valence-corrected chi connectivity index (χ0v) is 51.1. The van der Waals surface area contributed by atoms with Crippen LogP contribution in [-0.2, 0) is 28.6 Å². The van der Waals surface area contributed by atoms with Crippen LogP contribution in [0.15, 0.2) is 12.2 Å². The largest absolute Gasteiger partial charge is 0.462 e. The topological polar surface area (TPSA) is 78.9 Å². The molecule has 444 valence electrons. The Kier molecular flexibility index (Phi) is 63.1. The van der Waals surface area contributed by atoms with E-state index in [1.807, 2.05) is 0 Å². The molecule has 0 saturated heterocycles. The van der Waals surface area contributed by atoms with Crippen LogP contribution in [-0.4, -0.2) is 37.2 Å². The second kappa shape index (κ2) is 64.7. The Morgan fingerprint density at radius 1 is 0.253 bits per heavy atom. The molecule has 0 aliphatic rings. The summed E-state index contributed by atoms with van der Waals surface area (Å²) in [7, 11) is 0. The summed E-state index contributed by atoms with van der Waals surface area (Å²) in [6.45, 7) is 6.73. The van der Waals surface area contributed by atoms with Crippen LogP contribution in [0, 0.1) is 0 Å². The van der Waals surface area contributed by atoms with Crippen molar-refractivity contribution in [2.75, 3.05) is 13.2 Å². The van der Waals surface area contributed by atoms with Crippen molar-refractivity contribution in [3.63, 3.8) is 0 Å².